The lowest BCUT2D eigenvalue weighted by Crippen LogP contribution is -2.27. The zero-order valence-corrected chi connectivity index (χ0v) is 10.5. The van der Waals surface area contributed by atoms with Crippen LogP contribution in [-0.2, 0) is 13.2 Å². The second-order valence-corrected chi connectivity index (χ2v) is 4.64. The standard InChI is InChI=1S/C15H17N3O2/c1-15(2,20)9-18-13(8-19)17-12-7-16-11-6-4-3-5-10(11)14(12)18/h3-7,19-20H,8-9H2,1-2H3/i1D3,2D3. The first-order valence-electron chi connectivity index (χ1n) is 9.06. The van der Waals surface area contributed by atoms with Crippen LogP contribution in [0.25, 0.3) is 21.9 Å². The van der Waals surface area contributed by atoms with Crippen molar-refractivity contribution in [2.45, 2.75) is 32.5 Å². The number of rotatable bonds is 3. The van der Waals surface area contributed by atoms with Crippen molar-refractivity contribution in [3.05, 3.63) is 36.3 Å². The molecular formula is C15H17N3O2. The molecule has 0 radical (unpaired) electrons. The molecule has 2 heterocycles. The number of para-hydroxylation sites is 1. The van der Waals surface area contributed by atoms with Crippen LogP contribution in [0, 0.1) is 0 Å². The zero-order chi connectivity index (χ0) is 19.3. The fourth-order valence-corrected chi connectivity index (χ4v) is 2.33. The van der Waals surface area contributed by atoms with E-state index in [-0.39, 0.29) is 5.82 Å². The molecule has 0 aliphatic carbocycles. The van der Waals surface area contributed by atoms with Gasteiger partial charge in [0.2, 0.25) is 0 Å². The Bertz CT molecular complexity index is 950. The van der Waals surface area contributed by atoms with Crippen LogP contribution in [0.4, 0.5) is 0 Å². The molecule has 104 valence electrons. The van der Waals surface area contributed by atoms with Crippen LogP contribution in [-0.4, -0.2) is 30.3 Å². The molecule has 0 aliphatic heterocycles. The third kappa shape index (κ3) is 2.15. The Labute approximate surface area is 124 Å². The highest BCUT2D eigenvalue weighted by atomic mass is 16.3. The Balaban J connectivity index is 2.31. The Hall–Kier alpha value is -1.98. The van der Waals surface area contributed by atoms with Crippen molar-refractivity contribution in [3.63, 3.8) is 0 Å². The average Bonchev–Trinajstić information content (AvgIpc) is 2.90. The van der Waals surface area contributed by atoms with Crippen molar-refractivity contribution in [1.82, 2.24) is 14.5 Å². The van der Waals surface area contributed by atoms with Gasteiger partial charge < -0.3 is 14.8 Å². The summed E-state index contributed by atoms with van der Waals surface area (Å²) < 4.78 is 46.6. The van der Waals surface area contributed by atoms with Gasteiger partial charge in [-0.25, -0.2) is 4.98 Å². The summed E-state index contributed by atoms with van der Waals surface area (Å²) in [5, 5.41) is 20.9. The minimum Gasteiger partial charge on any atom is -0.389 e. The number of benzene rings is 1. The van der Waals surface area contributed by atoms with Gasteiger partial charge in [0.05, 0.1) is 29.4 Å². The molecule has 0 spiro atoms. The Morgan fingerprint density at radius 1 is 1.30 bits per heavy atom. The summed E-state index contributed by atoms with van der Waals surface area (Å²) in [7, 11) is 0. The number of pyridine rings is 1. The van der Waals surface area contributed by atoms with Crippen LogP contribution in [0.2, 0.25) is 0 Å². The van der Waals surface area contributed by atoms with Crippen LogP contribution in [0.5, 0.6) is 0 Å². The number of imidazole rings is 1. The molecule has 0 saturated carbocycles. The number of aliphatic hydroxyl groups is 2. The first-order valence-corrected chi connectivity index (χ1v) is 6.06. The van der Waals surface area contributed by atoms with Gasteiger partial charge in [-0.1, -0.05) is 18.2 Å². The minimum absolute atomic E-state index is 0.0464. The molecule has 5 nitrogen and oxygen atoms in total. The number of aliphatic hydroxyl groups excluding tert-OH is 1. The van der Waals surface area contributed by atoms with Gasteiger partial charge in [-0.2, -0.15) is 0 Å². The summed E-state index contributed by atoms with van der Waals surface area (Å²) in [4.78, 5) is 8.45. The van der Waals surface area contributed by atoms with Crippen LogP contribution >= 0.6 is 0 Å². The van der Waals surface area contributed by atoms with Gasteiger partial charge in [-0.3, -0.25) is 4.98 Å². The molecule has 5 heteroatoms. The number of hydrogen-bond donors (Lipinski definition) is 2. The van der Waals surface area contributed by atoms with E-state index in [1.807, 2.05) is 0 Å². The Kier molecular flexibility index (Phi) is 1.75. The second-order valence-electron chi connectivity index (χ2n) is 4.64. The number of fused-ring (bicyclic) bond motifs is 3. The maximum Gasteiger partial charge on any atom is 0.135 e. The monoisotopic (exact) mass is 277 g/mol. The molecule has 3 rings (SSSR count). The molecule has 0 bridgehead atoms. The highest BCUT2D eigenvalue weighted by Gasteiger charge is 2.20. The third-order valence-electron chi connectivity index (χ3n) is 3.09. The first-order chi connectivity index (χ1) is 12.0. The van der Waals surface area contributed by atoms with Crippen LogP contribution in [0.3, 0.4) is 0 Å². The molecule has 0 unspecified atom stereocenters. The van der Waals surface area contributed by atoms with Gasteiger partial charge in [-0.15, -0.1) is 0 Å². The maximum absolute atomic E-state index is 10.6. The zero-order valence-electron chi connectivity index (χ0n) is 16.5. The molecular weight excluding hydrogens is 254 g/mol. The van der Waals surface area contributed by atoms with E-state index < -0.39 is 32.5 Å². The molecule has 2 aromatic heterocycles. The van der Waals surface area contributed by atoms with Gasteiger partial charge in [-0.05, 0) is 19.8 Å². The van der Waals surface area contributed by atoms with Crippen molar-refractivity contribution >= 4 is 21.9 Å². The third-order valence-corrected chi connectivity index (χ3v) is 3.09. The van der Waals surface area contributed by atoms with Crippen molar-refractivity contribution in [2.75, 3.05) is 0 Å². The lowest BCUT2D eigenvalue weighted by molar-refractivity contribution is 0.0607. The summed E-state index contributed by atoms with van der Waals surface area (Å²) >= 11 is 0. The lowest BCUT2D eigenvalue weighted by Gasteiger charge is -2.20. The lowest BCUT2D eigenvalue weighted by atomic mass is 10.1. The quantitative estimate of drug-likeness (QED) is 0.766. The Morgan fingerprint density at radius 2 is 2.10 bits per heavy atom. The smallest absolute Gasteiger partial charge is 0.135 e. The fraction of sp³-hybridized carbons (Fsp3) is 0.333. The van der Waals surface area contributed by atoms with Crippen molar-refractivity contribution in [3.8, 4) is 0 Å². The maximum atomic E-state index is 10.6. The van der Waals surface area contributed by atoms with Crippen LogP contribution in [0.15, 0.2) is 30.5 Å². The molecule has 0 amide bonds. The second kappa shape index (κ2) is 4.54. The number of hydrogen-bond acceptors (Lipinski definition) is 4. The molecule has 0 aliphatic rings. The van der Waals surface area contributed by atoms with Crippen molar-refractivity contribution in [2.24, 2.45) is 0 Å². The molecule has 0 atom stereocenters. The van der Waals surface area contributed by atoms with Crippen molar-refractivity contribution < 1.29 is 18.4 Å². The van der Waals surface area contributed by atoms with Gasteiger partial charge in [0.25, 0.3) is 0 Å². The SMILES string of the molecule is [2H]C([2H])([2H])C(O)(Cn1c(CO)nc2cnc3ccccc3c21)C([2H])([2H])[2H]. The van der Waals surface area contributed by atoms with Crippen LogP contribution in [0.1, 0.15) is 27.8 Å². The molecule has 1 aromatic carbocycles. The molecule has 0 fully saturated rings. The fourth-order valence-electron chi connectivity index (χ4n) is 2.33. The summed E-state index contributed by atoms with van der Waals surface area (Å²) in [5.41, 5.74) is -1.64. The molecule has 2 N–H and O–H groups in total. The van der Waals surface area contributed by atoms with Crippen LogP contribution < -0.4 is 0 Å². The van der Waals surface area contributed by atoms with E-state index in [9.17, 15) is 10.2 Å². The van der Waals surface area contributed by atoms with Gasteiger partial charge >= 0.3 is 0 Å². The predicted molar refractivity (Wildman–Crippen MR) is 77.3 cm³/mol. The van der Waals surface area contributed by atoms with E-state index in [1.165, 1.54) is 10.8 Å². The van der Waals surface area contributed by atoms with Gasteiger partial charge in [0, 0.05) is 13.6 Å². The minimum atomic E-state index is -3.18. The number of aromatic nitrogens is 3. The van der Waals surface area contributed by atoms with Crippen molar-refractivity contribution in [1.29, 1.82) is 0 Å². The number of nitrogens with zero attached hydrogens (tertiary/aromatic N) is 3. The Morgan fingerprint density at radius 3 is 2.85 bits per heavy atom. The topological polar surface area (TPSA) is 71.2 Å². The van der Waals surface area contributed by atoms with E-state index in [0.29, 0.717) is 21.9 Å². The summed E-state index contributed by atoms with van der Waals surface area (Å²) in [5.74, 6) is 0.0464. The van der Waals surface area contributed by atoms with E-state index >= 15 is 0 Å². The van der Waals surface area contributed by atoms with E-state index in [2.05, 4.69) is 9.97 Å². The summed E-state index contributed by atoms with van der Waals surface area (Å²) in [6, 6.07) is 6.99. The molecule has 3 aromatic rings. The van der Waals surface area contributed by atoms with E-state index in [0.717, 1.165) is 0 Å². The normalized spacial score (nSPS) is 18.1. The largest absolute Gasteiger partial charge is 0.389 e. The highest BCUT2D eigenvalue weighted by Crippen LogP contribution is 2.26. The van der Waals surface area contributed by atoms with E-state index in [4.69, 9.17) is 8.22 Å². The first kappa shape index (κ1) is 7.71. The molecule has 0 saturated heterocycles. The van der Waals surface area contributed by atoms with Gasteiger partial charge in [0.15, 0.2) is 0 Å². The van der Waals surface area contributed by atoms with E-state index in [1.54, 1.807) is 24.3 Å². The van der Waals surface area contributed by atoms with Gasteiger partial charge in [0.1, 0.15) is 17.9 Å². The summed E-state index contributed by atoms with van der Waals surface area (Å²) in [6.07, 6.45) is 1.46. The predicted octanol–water partition coefficient (Wildman–Crippen LogP) is 1.85. The molecule has 20 heavy (non-hydrogen) atoms. The average molecular weight is 277 g/mol. The summed E-state index contributed by atoms with van der Waals surface area (Å²) in [6.45, 7) is -7.68. The highest BCUT2D eigenvalue weighted by molar-refractivity contribution is 6.02.